The molecule has 0 aliphatic rings. The molecule has 0 bridgehead atoms. The number of allylic oxidation sites excluding steroid dienone is 12. The van der Waals surface area contributed by atoms with Crippen molar-refractivity contribution in [1.82, 2.24) is 0 Å². The van der Waals surface area contributed by atoms with E-state index in [1.54, 1.807) is 0 Å². The minimum absolute atomic E-state index is 0.0844. The van der Waals surface area contributed by atoms with Crippen LogP contribution in [0.2, 0.25) is 0 Å². The SMILES string of the molecule is CC/C=C\C/C=C\C/C=C\CCCCCCCCCC(=O)OC(COC(=O)CCCCCCC/C=C\C/C=C\CCC)COC(=O)CCCCCCCCCCC/C=C\CCCCCCCCCC. The van der Waals surface area contributed by atoms with E-state index in [4.69, 9.17) is 14.2 Å². The lowest BCUT2D eigenvalue weighted by molar-refractivity contribution is -0.167. The van der Waals surface area contributed by atoms with Crippen LogP contribution in [0.3, 0.4) is 0 Å². The van der Waals surface area contributed by atoms with Crippen molar-refractivity contribution in [2.45, 2.75) is 297 Å². The Hall–Kier alpha value is -3.15. The van der Waals surface area contributed by atoms with Crippen molar-refractivity contribution in [3.05, 3.63) is 72.9 Å². The van der Waals surface area contributed by atoms with Crippen molar-refractivity contribution < 1.29 is 28.6 Å². The number of unbranched alkanes of at least 4 members (excludes halogenated alkanes) is 30. The molecule has 0 heterocycles. The molecule has 0 fully saturated rings. The number of ether oxygens (including phenoxy) is 3. The Balaban J connectivity index is 4.35. The summed E-state index contributed by atoms with van der Waals surface area (Å²) in [4.78, 5) is 38.2. The van der Waals surface area contributed by atoms with Gasteiger partial charge in [-0.1, -0.05) is 241 Å². The van der Waals surface area contributed by atoms with Crippen molar-refractivity contribution >= 4 is 17.9 Å². The average Bonchev–Trinajstić information content (AvgIpc) is 3.35. The first-order valence-corrected chi connectivity index (χ1v) is 29.4. The van der Waals surface area contributed by atoms with E-state index >= 15 is 0 Å². The summed E-state index contributed by atoms with van der Waals surface area (Å²) >= 11 is 0. The van der Waals surface area contributed by atoms with E-state index in [0.717, 1.165) is 116 Å². The van der Waals surface area contributed by atoms with E-state index in [9.17, 15) is 14.4 Å². The number of hydrogen-bond donors (Lipinski definition) is 0. The summed E-state index contributed by atoms with van der Waals surface area (Å²) in [6, 6.07) is 0. The van der Waals surface area contributed by atoms with E-state index < -0.39 is 6.10 Å². The minimum atomic E-state index is -0.788. The third-order valence-electron chi connectivity index (χ3n) is 12.6. The Kier molecular flexibility index (Phi) is 54.8. The van der Waals surface area contributed by atoms with Gasteiger partial charge >= 0.3 is 17.9 Å². The summed E-state index contributed by atoms with van der Waals surface area (Å²) in [5, 5.41) is 0. The van der Waals surface area contributed by atoms with Crippen LogP contribution in [-0.2, 0) is 28.6 Å². The van der Waals surface area contributed by atoms with Crippen molar-refractivity contribution in [2.75, 3.05) is 13.2 Å². The zero-order valence-electron chi connectivity index (χ0n) is 45.6. The molecule has 0 aromatic heterocycles. The van der Waals surface area contributed by atoms with Gasteiger partial charge in [0.1, 0.15) is 13.2 Å². The molecule has 0 N–H and O–H groups in total. The Bertz CT molecular complexity index is 1290. The standard InChI is InChI=1S/C63H110O6/c1-4-7-10-13-16-19-22-25-27-29-30-31-32-34-35-38-41-44-47-50-53-56-62(65)68-59-60(58-67-61(64)55-52-49-46-43-40-37-24-21-18-15-12-9-6-3)69-63(66)57-54-51-48-45-42-39-36-33-28-26-23-20-17-14-11-8-5-2/h8,11-12,15,17,20-21,24,26,28-30,60H,4-7,9-10,13-14,16,18-19,22-23,25,27,31-59H2,1-3H3/b11-8-,15-12-,20-17-,24-21-,28-26-,30-29-. The predicted molar refractivity (Wildman–Crippen MR) is 298 cm³/mol. The number of hydrogen-bond acceptors (Lipinski definition) is 6. The molecule has 1 atom stereocenters. The average molecular weight is 964 g/mol. The van der Waals surface area contributed by atoms with Gasteiger partial charge in [-0.05, 0) is 103 Å². The maximum atomic E-state index is 12.9. The molecule has 0 aliphatic carbocycles. The van der Waals surface area contributed by atoms with Crippen molar-refractivity contribution in [1.29, 1.82) is 0 Å². The zero-order chi connectivity index (χ0) is 50.0. The molecule has 6 nitrogen and oxygen atoms in total. The summed E-state index contributed by atoms with van der Waals surface area (Å²) < 4.78 is 16.9. The first-order chi connectivity index (χ1) is 34.0. The van der Waals surface area contributed by atoms with E-state index in [1.165, 1.54) is 135 Å². The van der Waals surface area contributed by atoms with Crippen molar-refractivity contribution in [3.8, 4) is 0 Å². The first-order valence-electron chi connectivity index (χ1n) is 29.4. The van der Waals surface area contributed by atoms with E-state index in [1.807, 2.05) is 0 Å². The quantitative estimate of drug-likeness (QED) is 0.0262. The predicted octanol–water partition coefficient (Wildman–Crippen LogP) is 19.8. The van der Waals surface area contributed by atoms with E-state index in [0.29, 0.717) is 19.3 Å². The third kappa shape index (κ3) is 55.6. The molecule has 0 saturated heterocycles. The Morgan fingerprint density at radius 2 is 0.594 bits per heavy atom. The van der Waals surface area contributed by atoms with Crippen molar-refractivity contribution in [2.24, 2.45) is 0 Å². The fourth-order valence-electron chi connectivity index (χ4n) is 8.26. The maximum absolute atomic E-state index is 12.9. The molecule has 0 aromatic carbocycles. The first kappa shape index (κ1) is 65.8. The molecule has 0 aliphatic heterocycles. The lowest BCUT2D eigenvalue weighted by Crippen LogP contribution is -2.30. The maximum Gasteiger partial charge on any atom is 0.306 e. The molecule has 0 saturated carbocycles. The molecule has 398 valence electrons. The van der Waals surface area contributed by atoms with Gasteiger partial charge in [0.25, 0.3) is 0 Å². The number of carbonyl (C=O) groups is 3. The minimum Gasteiger partial charge on any atom is -0.462 e. The summed E-state index contributed by atoms with van der Waals surface area (Å²) in [5.74, 6) is -0.903. The zero-order valence-corrected chi connectivity index (χ0v) is 45.6. The Morgan fingerprint density at radius 3 is 0.957 bits per heavy atom. The molecule has 69 heavy (non-hydrogen) atoms. The molecule has 0 aromatic rings. The molecule has 6 heteroatoms. The molecule has 0 amide bonds. The number of esters is 3. The lowest BCUT2D eigenvalue weighted by Gasteiger charge is -2.18. The summed E-state index contributed by atoms with van der Waals surface area (Å²) in [5.41, 5.74) is 0. The van der Waals surface area contributed by atoms with Crippen LogP contribution in [0.4, 0.5) is 0 Å². The number of rotatable bonds is 53. The van der Waals surface area contributed by atoms with Gasteiger partial charge in [0.15, 0.2) is 6.10 Å². The fraction of sp³-hybridized carbons (Fsp3) is 0.762. The highest BCUT2D eigenvalue weighted by atomic mass is 16.6. The van der Waals surface area contributed by atoms with Crippen LogP contribution >= 0.6 is 0 Å². The summed E-state index contributed by atoms with van der Waals surface area (Å²) in [6.45, 7) is 6.47. The lowest BCUT2D eigenvalue weighted by atomic mass is 10.1. The van der Waals surface area contributed by atoms with Crippen LogP contribution < -0.4 is 0 Å². The third-order valence-corrected chi connectivity index (χ3v) is 12.6. The largest absolute Gasteiger partial charge is 0.462 e. The van der Waals surface area contributed by atoms with E-state index in [2.05, 4.69) is 93.7 Å². The summed E-state index contributed by atoms with van der Waals surface area (Å²) in [7, 11) is 0. The second-order valence-corrected chi connectivity index (χ2v) is 19.5. The Labute approximate surface area is 427 Å². The fourth-order valence-corrected chi connectivity index (χ4v) is 8.26. The highest BCUT2D eigenvalue weighted by Gasteiger charge is 2.19. The monoisotopic (exact) mass is 963 g/mol. The summed E-state index contributed by atoms with van der Waals surface area (Å²) in [6.07, 6.45) is 73.2. The van der Waals surface area contributed by atoms with Gasteiger partial charge < -0.3 is 14.2 Å². The number of carbonyl (C=O) groups excluding carboxylic acids is 3. The Morgan fingerprint density at radius 1 is 0.304 bits per heavy atom. The van der Waals surface area contributed by atoms with Gasteiger partial charge in [0, 0.05) is 19.3 Å². The van der Waals surface area contributed by atoms with E-state index in [-0.39, 0.29) is 31.1 Å². The van der Waals surface area contributed by atoms with Crippen LogP contribution in [-0.4, -0.2) is 37.2 Å². The second kappa shape index (κ2) is 57.4. The molecule has 0 radical (unpaired) electrons. The van der Waals surface area contributed by atoms with Crippen LogP contribution in [0.15, 0.2) is 72.9 Å². The van der Waals surface area contributed by atoms with Gasteiger partial charge in [-0.3, -0.25) is 14.4 Å². The molecule has 0 spiro atoms. The van der Waals surface area contributed by atoms with Gasteiger partial charge in [-0.25, -0.2) is 0 Å². The molecular weight excluding hydrogens is 853 g/mol. The smallest absolute Gasteiger partial charge is 0.306 e. The van der Waals surface area contributed by atoms with Crippen LogP contribution in [0.5, 0.6) is 0 Å². The van der Waals surface area contributed by atoms with Gasteiger partial charge in [-0.2, -0.15) is 0 Å². The highest BCUT2D eigenvalue weighted by Crippen LogP contribution is 2.16. The molecular formula is C63H110O6. The molecule has 0 rings (SSSR count). The topological polar surface area (TPSA) is 78.9 Å². The van der Waals surface area contributed by atoms with Gasteiger partial charge in [-0.15, -0.1) is 0 Å². The van der Waals surface area contributed by atoms with Gasteiger partial charge in [0.2, 0.25) is 0 Å². The van der Waals surface area contributed by atoms with Crippen LogP contribution in [0.1, 0.15) is 290 Å². The second-order valence-electron chi connectivity index (χ2n) is 19.5. The van der Waals surface area contributed by atoms with Gasteiger partial charge in [0.05, 0.1) is 0 Å². The normalized spacial score (nSPS) is 12.6. The van der Waals surface area contributed by atoms with Crippen LogP contribution in [0.25, 0.3) is 0 Å². The van der Waals surface area contributed by atoms with Crippen molar-refractivity contribution in [3.63, 3.8) is 0 Å². The highest BCUT2D eigenvalue weighted by molar-refractivity contribution is 5.71. The van der Waals surface area contributed by atoms with Crippen LogP contribution in [0, 0.1) is 0 Å². The molecule has 1 unspecified atom stereocenters.